The third kappa shape index (κ3) is 5.28. The van der Waals surface area contributed by atoms with Gasteiger partial charge in [-0.1, -0.05) is 0 Å². The molecule has 1 fully saturated rings. The average molecular weight is 540 g/mol. The van der Waals surface area contributed by atoms with Crippen molar-refractivity contribution in [2.45, 2.75) is 16.0 Å². The van der Waals surface area contributed by atoms with Gasteiger partial charge in [0, 0.05) is 31.7 Å². The second kappa shape index (κ2) is 10.1. The van der Waals surface area contributed by atoms with Crippen molar-refractivity contribution < 1.29 is 30.8 Å². The molecule has 1 aliphatic heterocycles. The topological polar surface area (TPSA) is 114 Å². The molecule has 9 nitrogen and oxygen atoms in total. The number of ether oxygens (including phenoxy) is 1. The van der Waals surface area contributed by atoms with Crippen molar-refractivity contribution in [3.8, 4) is 10.6 Å². The number of hydrogen-bond acceptors (Lipinski definition) is 8. The summed E-state index contributed by atoms with van der Waals surface area (Å²) in [6, 6.07) is 11.0. The number of carbonyl (C=O) groups excluding carboxylic acids is 1. The number of hydrogen-bond donors (Lipinski definition) is 0. The summed E-state index contributed by atoms with van der Waals surface area (Å²) in [5, 5.41) is 0.441. The van der Waals surface area contributed by atoms with Crippen molar-refractivity contribution in [1.82, 2.24) is 13.6 Å². The standard InChI is InChI=1S/C22H22FN3O6S3/c1-2-32-22(27)17-5-9-19(10-6-17)34(28,29)25-11-13-26(14-12-25)35(30,31)20-15-24-21(33-20)16-3-7-18(23)8-4-16/h3-10,15H,2,11-14H2,1H3. The zero-order valence-electron chi connectivity index (χ0n) is 18.6. The number of nitrogens with zero attached hydrogens (tertiary/aromatic N) is 3. The zero-order valence-corrected chi connectivity index (χ0v) is 21.1. The normalized spacial score (nSPS) is 15.7. The van der Waals surface area contributed by atoms with Crippen LogP contribution in [0.4, 0.5) is 4.39 Å². The Kier molecular flexibility index (Phi) is 7.33. The first-order valence-electron chi connectivity index (χ1n) is 10.6. The molecule has 0 N–H and O–H groups in total. The van der Waals surface area contributed by atoms with E-state index in [1.54, 1.807) is 6.92 Å². The summed E-state index contributed by atoms with van der Waals surface area (Å²) in [4.78, 5) is 15.9. The Morgan fingerprint density at radius 1 is 0.943 bits per heavy atom. The van der Waals surface area contributed by atoms with Gasteiger partial charge in [0.25, 0.3) is 10.0 Å². The molecule has 1 saturated heterocycles. The highest BCUT2D eigenvalue weighted by Gasteiger charge is 2.34. The largest absolute Gasteiger partial charge is 0.462 e. The quantitative estimate of drug-likeness (QED) is 0.424. The number of halogens is 1. The number of thiazole rings is 1. The van der Waals surface area contributed by atoms with Gasteiger partial charge in [0.2, 0.25) is 10.0 Å². The molecule has 0 saturated carbocycles. The van der Waals surface area contributed by atoms with Gasteiger partial charge in [0.15, 0.2) is 4.21 Å². The second-order valence-electron chi connectivity index (χ2n) is 7.54. The molecule has 0 aliphatic carbocycles. The van der Waals surface area contributed by atoms with Crippen LogP contribution in [0.3, 0.4) is 0 Å². The molecular formula is C22H22FN3O6S3. The Morgan fingerprint density at radius 3 is 2.09 bits per heavy atom. The van der Waals surface area contributed by atoms with E-state index < -0.39 is 31.8 Å². The summed E-state index contributed by atoms with van der Waals surface area (Å²) in [5.41, 5.74) is 0.842. The Balaban J connectivity index is 1.44. The van der Waals surface area contributed by atoms with Crippen LogP contribution in [0.15, 0.2) is 63.8 Å². The molecule has 0 spiro atoms. The van der Waals surface area contributed by atoms with Gasteiger partial charge in [-0.25, -0.2) is 31.0 Å². The SMILES string of the molecule is CCOC(=O)c1ccc(S(=O)(=O)N2CCN(S(=O)(=O)c3cnc(-c4ccc(F)cc4)s3)CC2)cc1. The number of esters is 1. The fraction of sp³-hybridized carbons (Fsp3) is 0.273. The summed E-state index contributed by atoms with van der Waals surface area (Å²) >= 11 is 0.970. The zero-order chi connectivity index (χ0) is 25.2. The van der Waals surface area contributed by atoms with Crippen LogP contribution in [-0.4, -0.2) is 69.2 Å². The average Bonchev–Trinajstić information content (AvgIpc) is 3.36. The third-order valence-electron chi connectivity index (χ3n) is 5.37. The lowest BCUT2D eigenvalue weighted by molar-refractivity contribution is 0.0526. The first kappa shape index (κ1) is 25.4. The maximum Gasteiger partial charge on any atom is 0.338 e. The van der Waals surface area contributed by atoms with Crippen LogP contribution in [0.25, 0.3) is 10.6 Å². The molecule has 0 radical (unpaired) electrons. The second-order valence-corrected chi connectivity index (χ2v) is 12.7. The van der Waals surface area contributed by atoms with Crippen molar-refractivity contribution >= 4 is 37.4 Å². The van der Waals surface area contributed by atoms with Crippen molar-refractivity contribution in [1.29, 1.82) is 0 Å². The predicted octanol–water partition coefficient (Wildman–Crippen LogP) is 2.82. The molecule has 1 aromatic heterocycles. The number of carbonyl (C=O) groups is 1. The van der Waals surface area contributed by atoms with Gasteiger partial charge in [-0.2, -0.15) is 8.61 Å². The smallest absolute Gasteiger partial charge is 0.338 e. The van der Waals surface area contributed by atoms with E-state index in [0.29, 0.717) is 10.6 Å². The first-order chi connectivity index (χ1) is 16.6. The van der Waals surface area contributed by atoms with Crippen LogP contribution in [0.1, 0.15) is 17.3 Å². The number of rotatable bonds is 7. The summed E-state index contributed by atoms with van der Waals surface area (Å²) < 4.78 is 72.7. The highest BCUT2D eigenvalue weighted by Crippen LogP contribution is 2.30. The highest BCUT2D eigenvalue weighted by molar-refractivity contribution is 7.91. The van der Waals surface area contributed by atoms with E-state index in [9.17, 15) is 26.0 Å². The first-order valence-corrected chi connectivity index (χ1v) is 14.3. The molecule has 1 aliphatic rings. The number of sulfonamides is 2. The third-order valence-corrected chi connectivity index (χ3v) is 10.7. The van der Waals surface area contributed by atoms with Crippen LogP contribution in [0, 0.1) is 5.82 Å². The minimum atomic E-state index is -3.87. The summed E-state index contributed by atoms with van der Waals surface area (Å²) in [6.07, 6.45) is 1.26. The monoisotopic (exact) mass is 539 g/mol. The Bertz CT molecular complexity index is 1410. The van der Waals surface area contributed by atoms with Crippen LogP contribution >= 0.6 is 11.3 Å². The molecular weight excluding hydrogens is 517 g/mol. The predicted molar refractivity (Wildman–Crippen MR) is 127 cm³/mol. The van der Waals surface area contributed by atoms with Crippen LogP contribution in [-0.2, 0) is 24.8 Å². The van der Waals surface area contributed by atoms with Gasteiger partial charge < -0.3 is 4.74 Å². The fourth-order valence-electron chi connectivity index (χ4n) is 3.51. The van der Waals surface area contributed by atoms with E-state index in [4.69, 9.17) is 4.74 Å². The van der Waals surface area contributed by atoms with Crippen molar-refractivity contribution in [2.75, 3.05) is 32.8 Å². The molecule has 0 bridgehead atoms. The minimum absolute atomic E-state index is 0.00764. The molecule has 186 valence electrons. The lowest BCUT2D eigenvalue weighted by atomic mass is 10.2. The van der Waals surface area contributed by atoms with E-state index in [-0.39, 0.29) is 47.5 Å². The van der Waals surface area contributed by atoms with Crippen molar-refractivity contribution in [3.05, 3.63) is 66.1 Å². The Hall–Kier alpha value is -2.71. The van der Waals surface area contributed by atoms with E-state index in [1.165, 1.54) is 63.3 Å². The molecule has 4 rings (SSSR count). The highest BCUT2D eigenvalue weighted by atomic mass is 32.2. The molecule has 2 aromatic carbocycles. The van der Waals surface area contributed by atoms with Crippen LogP contribution in [0.5, 0.6) is 0 Å². The number of aromatic nitrogens is 1. The number of piperazine rings is 1. The molecule has 0 atom stereocenters. The van der Waals surface area contributed by atoms with E-state index in [1.807, 2.05) is 0 Å². The van der Waals surface area contributed by atoms with E-state index in [0.717, 1.165) is 11.3 Å². The maximum absolute atomic E-state index is 13.2. The van der Waals surface area contributed by atoms with E-state index in [2.05, 4.69) is 4.98 Å². The maximum atomic E-state index is 13.2. The van der Waals surface area contributed by atoms with Crippen molar-refractivity contribution in [3.63, 3.8) is 0 Å². The van der Waals surface area contributed by atoms with Crippen LogP contribution < -0.4 is 0 Å². The number of benzene rings is 2. The minimum Gasteiger partial charge on any atom is -0.462 e. The molecule has 0 unspecified atom stereocenters. The Morgan fingerprint density at radius 2 is 1.51 bits per heavy atom. The van der Waals surface area contributed by atoms with Gasteiger partial charge in [0.05, 0.1) is 23.3 Å². The fourth-order valence-corrected chi connectivity index (χ4v) is 7.64. The van der Waals surface area contributed by atoms with Gasteiger partial charge in [0.1, 0.15) is 10.8 Å². The summed E-state index contributed by atoms with van der Waals surface area (Å²) in [5.74, 6) is -0.943. The molecule has 35 heavy (non-hydrogen) atoms. The summed E-state index contributed by atoms with van der Waals surface area (Å²) in [7, 11) is -7.74. The lowest BCUT2D eigenvalue weighted by Gasteiger charge is -2.32. The van der Waals surface area contributed by atoms with Gasteiger partial charge in [-0.05, 0) is 55.5 Å². The molecule has 2 heterocycles. The summed E-state index contributed by atoms with van der Waals surface area (Å²) in [6.45, 7) is 1.80. The van der Waals surface area contributed by atoms with Crippen molar-refractivity contribution in [2.24, 2.45) is 0 Å². The molecule has 3 aromatic rings. The van der Waals surface area contributed by atoms with Gasteiger partial charge in [-0.3, -0.25) is 0 Å². The molecule has 13 heteroatoms. The van der Waals surface area contributed by atoms with Crippen LogP contribution in [0.2, 0.25) is 0 Å². The lowest BCUT2D eigenvalue weighted by Crippen LogP contribution is -2.50. The van der Waals surface area contributed by atoms with E-state index >= 15 is 0 Å². The Labute approximate surface area is 206 Å². The van der Waals surface area contributed by atoms with Gasteiger partial charge in [-0.15, -0.1) is 11.3 Å². The van der Waals surface area contributed by atoms with Gasteiger partial charge >= 0.3 is 5.97 Å². The molecule has 0 amide bonds.